The molecule has 0 saturated heterocycles. The van der Waals surface area contributed by atoms with Gasteiger partial charge in [-0.05, 0) is 76.6 Å². The van der Waals surface area contributed by atoms with Gasteiger partial charge in [-0.3, -0.25) is 4.79 Å². The van der Waals surface area contributed by atoms with Gasteiger partial charge in [-0.25, -0.2) is 10.2 Å². The second-order valence-corrected chi connectivity index (χ2v) is 11.1. The van der Waals surface area contributed by atoms with Crippen molar-refractivity contribution in [1.29, 1.82) is 0 Å². The summed E-state index contributed by atoms with van der Waals surface area (Å²) in [7, 11) is 3.12. The molecule has 0 fully saturated rings. The lowest BCUT2D eigenvalue weighted by Gasteiger charge is -2.11. The largest absolute Gasteiger partial charge is 0.497 e. The lowest BCUT2D eigenvalue weighted by molar-refractivity contribution is 0.0732. The summed E-state index contributed by atoms with van der Waals surface area (Å²) in [4.78, 5) is 29.5. The zero-order chi connectivity index (χ0) is 29.8. The van der Waals surface area contributed by atoms with E-state index in [1.54, 1.807) is 62.8 Å². The highest BCUT2D eigenvalue weighted by Crippen LogP contribution is 2.38. The summed E-state index contributed by atoms with van der Waals surface area (Å²) in [5, 5.41) is 5.42. The minimum Gasteiger partial charge on any atom is -0.497 e. The molecule has 5 aromatic rings. The SMILES string of the molecule is COc1ccc(C(=O)Oc2c(Br)cc(Br)cc2C=NNC(=O)c2[nH]c3ccc(OC)cc3c2-c2ccccc2Cl)cc1. The highest BCUT2D eigenvalue weighted by molar-refractivity contribution is 9.11. The Hall–Kier alpha value is -4.12. The van der Waals surface area contributed by atoms with Crippen LogP contribution in [0.2, 0.25) is 5.02 Å². The molecule has 0 aliphatic heterocycles. The molecule has 8 nitrogen and oxygen atoms in total. The molecule has 2 N–H and O–H groups in total. The maximum Gasteiger partial charge on any atom is 0.343 e. The summed E-state index contributed by atoms with van der Waals surface area (Å²) in [6.07, 6.45) is 1.39. The van der Waals surface area contributed by atoms with Gasteiger partial charge in [0.15, 0.2) is 5.75 Å². The zero-order valence-electron chi connectivity index (χ0n) is 22.2. The van der Waals surface area contributed by atoms with Crippen molar-refractivity contribution >= 4 is 72.5 Å². The summed E-state index contributed by atoms with van der Waals surface area (Å²) in [6, 6.07) is 22.7. The molecule has 1 heterocycles. The van der Waals surface area contributed by atoms with Crippen LogP contribution >= 0.6 is 43.5 Å². The first-order valence-corrected chi connectivity index (χ1v) is 14.4. The van der Waals surface area contributed by atoms with Gasteiger partial charge < -0.3 is 19.2 Å². The first-order valence-electron chi connectivity index (χ1n) is 12.4. The van der Waals surface area contributed by atoms with E-state index in [9.17, 15) is 9.59 Å². The second kappa shape index (κ2) is 12.8. The number of hydrogen-bond donors (Lipinski definition) is 2. The van der Waals surface area contributed by atoms with Crippen LogP contribution in [-0.4, -0.2) is 37.3 Å². The Kier molecular flexibility index (Phi) is 8.96. The number of rotatable bonds is 8. The summed E-state index contributed by atoms with van der Waals surface area (Å²) < 4.78 is 17.5. The first kappa shape index (κ1) is 29.4. The number of methoxy groups -OCH3 is 2. The molecule has 0 saturated carbocycles. The predicted octanol–water partition coefficient (Wildman–Crippen LogP) is 8.01. The van der Waals surface area contributed by atoms with Gasteiger partial charge in [0.05, 0.1) is 30.5 Å². The van der Waals surface area contributed by atoms with Gasteiger partial charge >= 0.3 is 5.97 Å². The van der Waals surface area contributed by atoms with Crippen LogP contribution in [0.15, 0.2) is 92.9 Å². The maximum absolute atomic E-state index is 13.5. The number of hydrazone groups is 1. The number of fused-ring (bicyclic) bond motifs is 1. The molecule has 1 amide bonds. The molecule has 0 atom stereocenters. The quantitative estimate of drug-likeness (QED) is 0.0735. The summed E-state index contributed by atoms with van der Waals surface area (Å²) >= 11 is 13.4. The molecule has 0 spiro atoms. The number of amides is 1. The number of nitrogens with zero attached hydrogens (tertiary/aromatic N) is 1. The van der Waals surface area contributed by atoms with Crippen LogP contribution in [0.4, 0.5) is 0 Å². The summed E-state index contributed by atoms with van der Waals surface area (Å²) in [6.45, 7) is 0. The minimum absolute atomic E-state index is 0.228. The zero-order valence-corrected chi connectivity index (χ0v) is 26.1. The third-order valence-corrected chi connectivity index (χ3v) is 7.68. The minimum atomic E-state index is -0.572. The smallest absolute Gasteiger partial charge is 0.343 e. The molecular formula is C31H22Br2ClN3O5. The third-order valence-electron chi connectivity index (χ3n) is 6.30. The Morgan fingerprint density at radius 1 is 0.929 bits per heavy atom. The molecule has 0 aliphatic rings. The molecule has 4 aromatic carbocycles. The highest BCUT2D eigenvalue weighted by atomic mass is 79.9. The molecule has 42 heavy (non-hydrogen) atoms. The van der Waals surface area contributed by atoms with Crippen molar-refractivity contribution in [2.75, 3.05) is 14.2 Å². The number of ether oxygens (including phenoxy) is 3. The van der Waals surface area contributed by atoms with Crippen molar-refractivity contribution in [2.45, 2.75) is 0 Å². The molecule has 0 unspecified atom stereocenters. The molecule has 0 bridgehead atoms. The van der Waals surface area contributed by atoms with Crippen LogP contribution in [0.1, 0.15) is 26.4 Å². The fourth-order valence-electron chi connectivity index (χ4n) is 4.29. The van der Waals surface area contributed by atoms with Gasteiger partial charge in [0.2, 0.25) is 0 Å². The molecule has 1 aromatic heterocycles. The van der Waals surface area contributed by atoms with Gasteiger partial charge in [0.1, 0.15) is 17.2 Å². The molecular weight excluding hydrogens is 690 g/mol. The Bertz CT molecular complexity index is 1840. The van der Waals surface area contributed by atoms with E-state index in [4.69, 9.17) is 25.8 Å². The third kappa shape index (κ3) is 6.20. The van der Waals surface area contributed by atoms with Gasteiger partial charge in [0, 0.05) is 37.1 Å². The average Bonchev–Trinajstić information content (AvgIpc) is 3.37. The Balaban J connectivity index is 1.45. The van der Waals surface area contributed by atoms with E-state index in [2.05, 4.69) is 47.4 Å². The van der Waals surface area contributed by atoms with E-state index >= 15 is 0 Å². The van der Waals surface area contributed by atoms with Crippen molar-refractivity contribution < 1.29 is 23.8 Å². The molecule has 11 heteroatoms. The van der Waals surface area contributed by atoms with Crippen molar-refractivity contribution in [3.05, 3.63) is 110 Å². The van der Waals surface area contributed by atoms with Crippen LogP contribution in [0, 0.1) is 0 Å². The maximum atomic E-state index is 13.5. The number of carbonyl (C=O) groups excluding carboxylic acids is 2. The number of H-pyrrole nitrogens is 1. The fourth-order valence-corrected chi connectivity index (χ4v) is 5.86. The number of hydrogen-bond acceptors (Lipinski definition) is 6. The standard InChI is InChI=1S/C31H22Br2ClN3O5/c1-40-20-9-7-17(8-10-20)31(39)42-29-18(13-19(32)14-24(29)33)16-35-37-30(38)28-27(22-5-3-4-6-25(22)34)23-15-21(41-2)11-12-26(23)36-28/h3-16,36H,1-2H3,(H,37,38). The van der Waals surface area contributed by atoms with Crippen LogP contribution in [0.3, 0.4) is 0 Å². The summed E-state index contributed by atoms with van der Waals surface area (Å²) in [5.41, 5.74) is 5.63. The topological polar surface area (TPSA) is 102 Å². The number of aromatic amines is 1. The van der Waals surface area contributed by atoms with Crippen LogP contribution < -0.4 is 19.6 Å². The lowest BCUT2D eigenvalue weighted by atomic mass is 10.0. The van der Waals surface area contributed by atoms with Crippen molar-refractivity contribution in [3.8, 4) is 28.4 Å². The van der Waals surface area contributed by atoms with Crippen LogP contribution in [-0.2, 0) is 0 Å². The Morgan fingerprint density at radius 2 is 1.64 bits per heavy atom. The van der Waals surface area contributed by atoms with Crippen molar-refractivity contribution in [3.63, 3.8) is 0 Å². The normalized spacial score (nSPS) is 11.1. The lowest BCUT2D eigenvalue weighted by Crippen LogP contribution is -2.19. The van der Waals surface area contributed by atoms with Crippen molar-refractivity contribution in [2.24, 2.45) is 5.10 Å². The van der Waals surface area contributed by atoms with Crippen LogP contribution in [0.25, 0.3) is 22.0 Å². The van der Waals surface area contributed by atoms with E-state index in [1.807, 2.05) is 30.3 Å². The highest BCUT2D eigenvalue weighted by Gasteiger charge is 2.22. The average molecular weight is 712 g/mol. The monoisotopic (exact) mass is 709 g/mol. The number of carbonyl (C=O) groups is 2. The van der Waals surface area contributed by atoms with Gasteiger partial charge in [0.25, 0.3) is 5.91 Å². The second-order valence-electron chi connectivity index (χ2n) is 8.89. The van der Waals surface area contributed by atoms with E-state index < -0.39 is 11.9 Å². The van der Waals surface area contributed by atoms with E-state index in [0.29, 0.717) is 47.7 Å². The summed E-state index contributed by atoms with van der Waals surface area (Å²) in [5.74, 6) is 0.411. The molecule has 212 valence electrons. The number of esters is 1. The van der Waals surface area contributed by atoms with E-state index in [-0.39, 0.29) is 11.4 Å². The molecule has 0 aliphatic carbocycles. The molecule has 0 radical (unpaired) electrons. The van der Waals surface area contributed by atoms with E-state index in [1.165, 1.54) is 6.21 Å². The van der Waals surface area contributed by atoms with Gasteiger partial charge in [-0.15, -0.1) is 0 Å². The van der Waals surface area contributed by atoms with Gasteiger partial charge in [-0.2, -0.15) is 5.10 Å². The Labute approximate surface area is 262 Å². The fraction of sp³-hybridized carbons (Fsp3) is 0.0645. The van der Waals surface area contributed by atoms with Crippen LogP contribution in [0.5, 0.6) is 17.2 Å². The number of nitrogens with one attached hydrogen (secondary N) is 2. The number of aromatic nitrogens is 1. The predicted molar refractivity (Wildman–Crippen MR) is 170 cm³/mol. The van der Waals surface area contributed by atoms with Gasteiger partial charge in [-0.1, -0.05) is 45.7 Å². The first-order chi connectivity index (χ1) is 20.3. The molecule has 5 rings (SSSR count). The van der Waals surface area contributed by atoms with Crippen molar-refractivity contribution in [1.82, 2.24) is 10.4 Å². The number of benzene rings is 4. The number of halogens is 3. The van der Waals surface area contributed by atoms with E-state index in [0.717, 1.165) is 10.9 Å². The Morgan fingerprint density at radius 3 is 2.36 bits per heavy atom.